The van der Waals surface area contributed by atoms with Crippen molar-refractivity contribution in [1.29, 1.82) is 0 Å². The second-order valence-electron chi connectivity index (χ2n) is 11.3. The third kappa shape index (κ3) is 8.67. The van der Waals surface area contributed by atoms with Gasteiger partial charge in [-0.25, -0.2) is 9.59 Å². The topological polar surface area (TPSA) is 123 Å². The van der Waals surface area contributed by atoms with Gasteiger partial charge >= 0.3 is 24.4 Å². The molecule has 1 aliphatic rings. The number of rotatable bonds is 7. The van der Waals surface area contributed by atoms with Gasteiger partial charge in [-0.1, -0.05) is 13.0 Å². The van der Waals surface area contributed by atoms with E-state index in [0.717, 1.165) is 48.5 Å². The number of amides is 5. The molecule has 48 heavy (non-hydrogen) atoms. The van der Waals surface area contributed by atoms with Gasteiger partial charge in [-0.05, 0) is 67.6 Å². The van der Waals surface area contributed by atoms with E-state index in [9.17, 15) is 45.8 Å². The largest absolute Gasteiger partial charge is 0.485 e. The van der Waals surface area contributed by atoms with Crippen LogP contribution in [0.15, 0.2) is 66.7 Å². The van der Waals surface area contributed by atoms with Crippen molar-refractivity contribution in [2.75, 3.05) is 42.7 Å². The van der Waals surface area contributed by atoms with Crippen molar-refractivity contribution in [3.8, 4) is 5.75 Å². The van der Waals surface area contributed by atoms with Gasteiger partial charge in [0.25, 0.3) is 5.91 Å². The van der Waals surface area contributed by atoms with Crippen LogP contribution in [0.4, 0.5) is 53.0 Å². The maximum absolute atomic E-state index is 13.7. The first-order chi connectivity index (χ1) is 22.5. The van der Waals surface area contributed by atoms with E-state index < -0.39 is 59.5 Å². The van der Waals surface area contributed by atoms with Gasteiger partial charge in [0.15, 0.2) is 5.75 Å². The van der Waals surface area contributed by atoms with Crippen LogP contribution in [0.2, 0.25) is 0 Å². The summed E-state index contributed by atoms with van der Waals surface area (Å²) < 4.78 is 83.9. The number of nitrogens with zero attached hydrogens (tertiary/aromatic N) is 2. The number of hydrogen-bond acceptors (Lipinski definition) is 5. The van der Waals surface area contributed by atoms with Crippen molar-refractivity contribution in [3.63, 3.8) is 0 Å². The Balaban J connectivity index is 1.57. The molecule has 0 spiro atoms. The molecule has 10 nitrogen and oxygen atoms in total. The number of likely N-dealkylation sites (N-methyl/N-ethyl adjacent to an activating group) is 1. The summed E-state index contributed by atoms with van der Waals surface area (Å²) in [6.07, 6.45) is -9.91. The van der Waals surface area contributed by atoms with Crippen LogP contribution >= 0.6 is 0 Å². The number of benzene rings is 3. The number of nitrogens with one attached hydrogen (secondary N) is 3. The van der Waals surface area contributed by atoms with Crippen molar-refractivity contribution in [1.82, 2.24) is 9.80 Å². The fraction of sp³-hybridized carbons (Fsp3) is 0.344. The molecule has 16 heteroatoms. The molecule has 4 N–H and O–H groups in total. The Labute approximate surface area is 271 Å². The Hall–Kier alpha value is -4.99. The standard InChI is InChI=1S/C32H33F6N5O5/c1-18-15-43(19(2)17-44)28(45)24-5-4-6-25(41-29(46)39-22-11-7-20(8-12-22)31(33,34)35)27(24)48-26(18)16-42(3)30(47)40-23-13-9-21(10-14-23)32(36,37)38/h4-14,18-19,26,44H,15-17H2,1-3H3,(H,40,47)(H2,39,41,46)/t18-,19-,26+/m0/s1. The minimum atomic E-state index is -4.56. The molecule has 0 fully saturated rings. The molecule has 0 radical (unpaired) electrons. The quantitative estimate of drug-likeness (QED) is 0.206. The lowest BCUT2D eigenvalue weighted by atomic mass is 9.99. The van der Waals surface area contributed by atoms with E-state index in [0.29, 0.717) is 0 Å². The number of anilines is 3. The average molecular weight is 682 g/mol. The summed E-state index contributed by atoms with van der Waals surface area (Å²) in [5, 5.41) is 17.4. The highest BCUT2D eigenvalue weighted by Gasteiger charge is 2.36. The van der Waals surface area contributed by atoms with Gasteiger partial charge in [0.2, 0.25) is 0 Å². The highest BCUT2D eigenvalue weighted by atomic mass is 19.4. The molecule has 0 bridgehead atoms. The average Bonchev–Trinajstić information content (AvgIpc) is 3.02. The highest BCUT2D eigenvalue weighted by Crippen LogP contribution is 2.36. The molecule has 1 aliphatic heterocycles. The van der Waals surface area contributed by atoms with Crippen LogP contribution < -0.4 is 20.7 Å². The molecule has 0 aliphatic carbocycles. The summed E-state index contributed by atoms with van der Waals surface area (Å²) >= 11 is 0. The van der Waals surface area contributed by atoms with Crippen molar-refractivity contribution in [2.45, 2.75) is 38.3 Å². The smallest absolute Gasteiger partial charge is 0.416 e. The van der Waals surface area contributed by atoms with E-state index in [4.69, 9.17) is 4.74 Å². The summed E-state index contributed by atoms with van der Waals surface area (Å²) in [4.78, 5) is 42.3. The maximum Gasteiger partial charge on any atom is 0.416 e. The summed E-state index contributed by atoms with van der Waals surface area (Å²) in [5.74, 6) is -1.00. The number of ether oxygens (including phenoxy) is 1. The second-order valence-corrected chi connectivity index (χ2v) is 11.3. The van der Waals surface area contributed by atoms with E-state index in [1.807, 2.05) is 0 Å². The minimum absolute atomic E-state index is 0.0383. The van der Waals surface area contributed by atoms with E-state index in [1.54, 1.807) is 13.8 Å². The molecule has 0 saturated heterocycles. The van der Waals surface area contributed by atoms with Crippen molar-refractivity contribution in [2.24, 2.45) is 5.92 Å². The number of aliphatic hydroxyl groups is 1. The highest BCUT2D eigenvalue weighted by molar-refractivity contribution is 6.04. The number of carbonyl (C=O) groups excluding carboxylic acids is 3. The lowest BCUT2D eigenvalue weighted by molar-refractivity contribution is -0.138. The van der Waals surface area contributed by atoms with Crippen LogP contribution in [0.5, 0.6) is 5.75 Å². The monoisotopic (exact) mass is 681 g/mol. The van der Waals surface area contributed by atoms with Crippen LogP contribution in [0, 0.1) is 5.92 Å². The SMILES string of the molecule is C[C@H]1CN([C@@H](C)CO)C(=O)c2cccc(NC(=O)Nc3ccc(C(F)(F)F)cc3)c2O[C@@H]1CN(C)C(=O)Nc1ccc(C(F)(F)F)cc1. The Morgan fingerprint density at radius 3 is 1.98 bits per heavy atom. The van der Waals surface area contributed by atoms with E-state index >= 15 is 0 Å². The lowest BCUT2D eigenvalue weighted by Crippen LogP contribution is -2.50. The molecule has 3 aromatic rings. The van der Waals surface area contributed by atoms with Crippen LogP contribution in [0.1, 0.15) is 35.3 Å². The summed E-state index contributed by atoms with van der Waals surface area (Å²) in [5.41, 5.74) is -1.51. The first-order valence-electron chi connectivity index (χ1n) is 14.6. The van der Waals surface area contributed by atoms with Crippen LogP contribution in [0.3, 0.4) is 0 Å². The lowest BCUT2D eigenvalue weighted by Gasteiger charge is -2.38. The van der Waals surface area contributed by atoms with Crippen molar-refractivity contribution in [3.05, 3.63) is 83.4 Å². The number of para-hydroxylation sites is 1. The molecule has 4 rings (SSSR count). The summed E-state index contributed by atoms with van der Waals surface area (Å²) in [6.45, 7) is 3.09. The van der Waals surface area contributed by atoms with Crippen molar-refractivity contribution < 1.29 is 50.6 Å². The molecule has 3 atom stereocenters. The fourth-order valence-corrected chi connectivity index (χ4v) is 4.90. The van der Waals surface area contributed by atoms with Gasteiger partial charge in [0.05, 0.1) is 41.6 Å². The second kappa shape index (κ2) is 14.4. The van der Waals surface area contributed by atoms with Crippen LogP contribution in [-0.2, 0) is 12.4 Å². The molecule has 3 aromatic carbocycles. The van der Waals surface area contributed by atoms with Crippen LogP contribution in [-0.4, -0.2) is 71.8 Å². The van der Waals surface area contributed by atoms with E-state index in [-0.39, 0.29) is 48.1 Å². The normalized spacial score (nSPS) is 17.3. The first-order valence-corrected chi connectivity index (χ1v) is 14.6. The van der Waals surface area contributed by atoms with Crippen molar-refractivity contribution >= 4 is 35.0 Å². The van der Waals surface area contributed by atoms with Crippen LogP contribution in [0.25, 0.3) is 0 Å². The predicted octanol–water partition coefficient (Wildman–Crippen LogP) is 6.75. The number of urea groups is 2. The Kier molecular flexibility index (Phi) is 10.8. The number of carbonyl (C=O) groups is 3. The number of halogens is 6. The van der Waals surface area contributed by atoms with E-state index in [1.165, 1.54) is 35.0 Å². The van der Waals surface area contributed by atoms with Gasteiger partial charge in [-0.2, -0.15) is 26.3 Å². The number of hydrogen-bond donors (Lipinski definition) is 4. The zero-order valence-electron chi connectivity index (χ0n) is 25.9. The fourth-order valence-electron chi connectivity index (χ4n) is 4.90. The Morgan fingerprint density at radius 1 is 0.917 bits per heavy atom. The predicted molar refractivity (Wildman–Crippen MR) is 165 cm³/mol. The maximum atomic E-state index is 13.7. The molecule has 0 saturated carbocycles. The first kappa shape index (κ1) is 35.9. The van der Waals surface area contributed by atoms with Gasteiger partial charge in [-0.3, -0.25) is 4.79 Å². The third-order valence-electron chi connectivity index (χ3n) is 7.67. The molecule has 0 unspecified atom stereocenters. The van der Waals surface area contributed by atoms with Gasteiger partial charge < -0.3 is 35.6 Å². The number of alkyl halides is 6. The molecular weight excluding hydrogens is 648 g/mol. The molecule has 258 valence electrons. The Morgan fingerprint density at radius 2 is 1.46 bits per heavy atom. The van der Waals surface area contributed by atoms with Gasteiger partial charge in [0, 0.05) is 30.9 Å². The molecule has 1 heterocycles. The molecule has 5 amide bonds. The van der Waals surface area contributed by atoms with E-state index in [2.05, 4.69) is 16.0 Å². The zero-order chi connectivity index (χ0) is 35.4. The Bertz CT molecular complexity index is 1620. The number of aliphatic hydroxyl groups excluding tert-OH is 1. The molecule has 0 aromatic heterocycles. The summed E-state index contributed by atoms with van der Waals surface area (Å²) in [7, 11) is 1.44. The zero-order valence-corrected chi connectivity index (χ0v) is 25.9. The number of fused-ring (bicyclic) bond motifs is 1. The molecular formula is C32H33F6N5O5. The van der Waals surface area contributed by atoms with Gasteiger partial charge in [0.1, 0.15) is 6.10 Å². The third-order valence-corrected chi connectivity index (χ3v) is 7.67. The minimum Gasteiger partial charge on any atom is -0.485 e. The summed E-state index contributed by atoms with van der Waals surface area (Å²) in [6, 6.07) is 9.95. The van der Waals surface area contributed by atoms with Gasteiger partial charge in [-0.15, -0.1) is 0 Å².